The highest BCUT2D eigenvalue weighted by atomic mass is 16.1. The van der Waals surface area contributed by atoms with Gasteiger partial charge in [-0.05, 0) is 32.1 Å². The molecule has 2 N–H and O–H groups in total. The number of carbonyl (C=O) groups is 1. The van der Waals surface area contributed by atoms with Crippen molar-refractivity contribution in [3.63, 3.8) is 0 Å². The summed E-state index contributed by atoms with van der Waals surface area (Å²) in [6.45, 7) is 2.08. The SMILES string of the molecule is CN(C)C(C(N)=O)C(C)(c1ccccc1)c1ccccc1. The molecule has 0 saturated heterocycles. The van der Waals surface area contributed by atoms with Crippen LogP contribution in [0.3, 0.4) is 0 Å². The number of benzene rings is 2. The predicted octanol–water partition coefficient (Wildman–Crippen LogP) is 2.41. The summed E-state index contributed by atoms with van der Waals surface area (Å²) in [5, 5.41) is 0. The van der Waals surface area contributed by atoms with E-state index < -0.39 is 11.5 Å². The van der Waals surface area contributed by atoms with Gasteiger partial charge < -0.3 is 5.73 Å². The Morgan fingerprint density at radius 2 is 1.33 bits per heavy atom. The molecular weight excluding hydrogens is 260 g/mol. The molecule has 0 heterocycles. The van der Waals surface area contributed by atoms with Crippen molar-refractivity contribution < 1.29 is 4.79 Å². The van der Waals surface area contributed by atoms with Crippen molar-refractivity contribution in [3.05, 3.63) is 71.8 Å². The largest absolute Gasteiger partial charge is 0.368 e. The van der Waals surface area contributed by atoms with Gasteiger partial charge >= 0.3 is 0 Å². The topological polar surface area (TPSA) is 46.3 Å². The lowest BCUT2D eigenvalue weighted by Gasteiger charge is -2.40. The van der Waals surface area contributed by atoms with Crippen LogP contribution in [0.1, 0.15) is 18.1 Å². The minimum absolute atomic E-state index is 0.324. The molecule has 0 aliphatic rings. The van der Waals surface area contributed by atoms with Crippen LogP contribution in [-0.4, -0.2) is 30.9 Å². The molecule has 2 aromatic rings. The van der Waals surface area contributed by atoms with Crippen LogP contribution < -0.4 is 5.73 Å². The van der Waals surface area contributed by atoms with Crippen LogP contribution in [0, 0.1) is 0 Å². The Morgan fingerprint density at radius 1 is 0.952 bits per heavy atom. The first kappa shape index (κ1) is 15.3. The van der Waals surface area contributed by atoms with E-state index in [0.29, 0.717) is 0 Å². The summed E-state index contributed by atoms with van der Waals surface area (Å²) in [6.07, 6.45) is 0. The van der Waals surface area contributed by atoms with E-state index in [1.807, 2.05) is 79.7 Å². The summed E-state index contributed by atoms with van der Waals surface area (Å²) in [5.74, 6) is -0.324. The maximum Gasteiger partial charge on any atom is 0.236 e. The second-order valence-corrected chi connectivity index (χ2v) is 5.70. The number of primary amides is 1. The van der Waals surface area contributed by atoms with E-state index in [-0.39, 0.29) is 5.91 Å². The van der Waals surface area contributed by atoms with E-state index in [9.17, 15) is 4.79 Å². The first-order valence-corrected chi connectivity index (χ1v) is 7.04. The lowest BCUT2D eigenvalue weighted by molar-refractivity contribution is -0.124. The quantitative estimate of drug-likeness (QED) is 0.915. The van der Waals surface area contributed by atoms with E-state index in [2.05, 4.69) is 6.92 Å². The minimum atomic E-state index is -0.502. The van der Waals surface area contributed by atoms with Gasteiger partial charge in [0.25, 0.3) is 0 Å². The van der Waals surface area contributed by atoms with Gasteiger partial charge in [0.05, 0.1) is 0 Å². The molecule has 0 aromatic heterocycles. The van der Waals surface area contributed by atoms with Gasteiger partial charge in [0.2, 0.25) is 5.91 Å². The van der Waals surface area contributed by atoms with Gasteiger partial charge in [-0.3, -0.25) is 9.69 Å². The Hall–Kier alpha value is -2.13. The van der Waals surface area contributed by atoms with Gasteiger partial charge in [0.1, 0.15) is 6.04 Å². The molecule has 0 aliphatic heterocycles. The molecule has 110 valence electrons. The molecule has 0 fully saturated rings. The van der Waals surface area contributed by atoms with Crippen molar-refractivity contribution in [2.24, 2.45) is 5.73 Å². The van der Waals surface area contributed by atoms with Crippen molar-refractivity contribution in [3.8, 4) is 0 Å². The Kier molecular flexibility index (Phi) is 4.43. The van der Waals surface area contributed by atoms with Crippen molar-refractivity contribution in [1.82, 2.24) is 4.90 Å². The maximum absolute atomic E-state index is 12.1. The molecule has 0 bridgehead atoms. The molecule has 1 amide bonds. The highest BCUT2D eigenvalue weighted by Gasteiger charge is 2.42. The lowest BCUT2D eigenvalue weighted by atomic mass is 9.70. The number of carbonyl (C=O) groups excluding carboxylic acids is 1. The monoisotopic (exact) mass is 282 g/mol. The minimum Gasteiger partial charge on any atom is -0.368 e. The molecule has 1 atom stereocenters. The molecule has 2 aromatic carbocycles. The molecular formula is C18H22N2O. The molecule has 21 heavy (non-hydrogen) atoms. The third-order valence-electron chi connectivity index (χ3n) is 4.08. The molecule has 0 spiro atoms. The summed E-state index contributed by atoms with van der Waals surface area (Å²) >= 11 is 0. The number of nitrogens with zero attached hydrogens (tertiary/aromatic N) is 1. The smallest absolute Gasteiger partial charge is 0.236 e. The average Bonchev–Trinajstić information content (AvgIpc) is 2.48. The van der Waals surface area contributed by atoms with Crippen LogP contribution in [0.15, 0.2) is 60.7 Å². The zero-order chi connectivity index (χ0) is 15.5. The standard InChI is InChI=1S/C18H22N2O/c1-18(14-10-6-4-7-11-14,15-12-8-5-9-13-15)16(17(19)21)20(2)3/h4-13,16H,1-3H3,(H2,19,21). The van der Waals surface area contributed by atoms with Crippen LogP contribution in [0.25, 0.3) is 0 Å². The molecule has 0 saturated carbocycles. The fraction of sp³-hybridized carbons (Fsp3) is 0.278. The highest BCUT2D eigenvalue weighted by Crippen LogP contribution is 2.37. The molecule has 3 nitrogen and oxygen atoms in total. The fourth-order valence-electron chi connectivity index (χ4n) is 3.11. The van der Waals surface area contributed by atoms with Gasteiger partial charge in [-0.25, -0.2) is 0 Å². The van der Waals surface area contributed by atoms with Gasteiger partial charge in [-0.1, -0.05) is 60.7 Å². The molecule has 3 heteroatoms. The third kappa shape index (κ3) is 2.83. The molecule has 2 rings (SSSR count). The van der Waals surface area contributed by atoms with Crippen LogP contribution in [-0.2, 0) is 10.2 Å². The van der Waals surface area contributed by atoms with E-state index in [1.54, 1.807) is 0 Å². The maximum atomic E-state index is 12.1. The van der Waals surface area contributed by atoms with Gasteiger partial charge in [0, 0.05) is 5.41 Å². The van der Waals surface area contributed by atoms with E-state index in [4.69, 9.17) is 5.73 Å². The molecule has 0 aliphatic carbocycles. The van der Waals surface area contributed by atoms with E-state index in [0.717, 1.165) is 11.1 Å². The van der Waals surface area contributed by atoms with Gasteiger partial charge in [-0.15, -0.1) is 0 Å². The summed E-state index contributed by atoms with van der Waals surface area (Å²) in [4.78, 5) is 14.0. The van der Waals surface area contributed by atoms with Crippen molar-refractivity contribution in [2.75, 3.05) is 14.1 Å². The van der Waals surface area contributed by atoms with E-state index in [1.165, 1.54) is 0 Å². The Labute approximate surface area is 126 Å². The number of amides is 1. The van der Waals surface area contributed by atoms with Crippen molar-refractivity contribution in [1.29, 1.82) is 0 Å². The predicted molar refractivity (Wildman–Crippen MR) is 86.0 cm³/mol. The summed E-state index contributed by atoms with van der Waals surface area (Å²) in [6, 6.07) is 19.7. The average molecular weight is 282 g/mol. The van der Waals surface area contributed by atoms with Crippen LogP contribution in [0.4, 0.5) is 0 Å². The second-order valence-electron chi connectivity index (χ2n) is 5.70. The lowest BCUT2D eigenvalue weighted by Crippen LogP contribution is -2.54. The summed E-state index contributed by atoms with van der Waals surface area (Å²) in [7, 11) is 3.78. The number of hydrogen-bond acceptors (Lipinski definition) is 2. The summed E-state index contributed by atoms with van der Waals surface area (Å²) in [5.41, 5.74) is 7.37. The second kappa shape index (κ2) is 6.10. The number of nitrogens with two attached hydrogens (primary N) is 1. The first-order valence-electron chi connectivity index (χ1n) is 7.04. The Morgan fingerprint density at radius 3 is 1.62 bits per heavy atom. The first-order chi connectivity index (χ1) is 9.98. The Balaban J connectivity index is 2.68. The fourth-order valence-corrected chi connectivity index (χ4v) is 3.11. The third-order valence-corrected chi connectivity index (χ3v) is 4.08. The highest BCUT2D eigenvalue weighted by molar-refractivity contribution is 5.83. The van der Waals surface area contributed by atoms with Gasteiger partial charge in [-0.2, -0.15) is 0 Å². The number of hydrogen-bond donors (Lipinski definition) is 1. The molecule has 0 radical (unpaired) electrons. The van der Waals surface area contributed by atoms with E-state index >= 15 is 0 Å². The van der Waals surface area contributed by atoms with Crippen LogP contribution in [0.2, 0.25) is 0 Å². The van der Waals surface area contributed by atoms with Crippen molar-refractivity contribution >= 4 is 5.91 Å². The van der Waals surface area contributed by atoms with Crippen LogP contribution in [0.5, 0.6) is 0 Å². The zero-order valence-corrected chi connectivity index (χ0v) is 12.8. The molecule has 1 unspecified atom stereocenters. The summed E-state index contributed by atoms with van der Waals surface area (Å²) < 4.78 is 0. The van der Waals surface area contributed by atoms with Crippen molar-refractivity contribution in [2.45, 2.75) is 18.4 Å². The number of likely N-dealkylation sites (N-methyl/N-ethyl adjacent to an activating group) is 1. The van der Waals surface area contributed by atoms with Crippen LogP contribution >= 0.6 is 0 Å². The zero-order valence-electron chi connectivity index (χ0n) is 12.8. The van der Waals surface area contributed by atoms with Gasteiger partial charge in [0.15, 0.2) is 0 Å². The number of rotatable bonds is 5. The normalized spacial score (nSPS) is 13.1. The Bertz CT molecular complexity index is 554.